The van der Waals surface area contributed by atoms with Crippen LogP contribution in [0.4, 0.5) is 0 Å². The van der Waals surface area contributed by atoms with Gasteiger partial charge in [0.15, 0.2) is 0 Å². The topological polar surface area (TPSA) is 0 Å². The first kappa shape index (κ1) is 23.4. The molecule has 6 aliphatic carbocycles. The molecule has 6 fully saturated rings. The molecule has 188 valence electrons. The molecule has 0 spiro atoms. The third-order valence-electron chi connectivity index (χ3n) is 13.4. The summed E-state index contributed by atoms with van der Waals surface area (Å²) in [4.78, 5) is 0. The normalized spacial score (nSPS) is 53.5. The molecule has 0 saturated heterocycles. The molecule has 6 aliphatic rings. The van der Waals surface area contributed by atoms with Crippen molar-refractivity contribution in [2.75, 3.05) is 0 Å². The van der Waals surface area contributed by atoms with E-state index in [0.29, 0.717) is 0 Å². The molecule has 0 heterocycles. The summed E-state index contributed by atoms with van der Waals surface area (Å²) < 4.78 is 0. The number of rotatable bonds is 3. The Morgan fingerprint density at radius 1 is 0.364 bits per heavy atom. The molecular weight excluding hydrogens is 396 g/mol. The van der Waals surface area contributed by atoms with Gasteiger partial charge in [0.2, 0.25) is 0 Å². The lowest BCUT2D eigenvalue weighted by Crippen LogP contribution is -2.53. The molecule has 33 heavy (non-hydrogen) atoms. The van der Waals surface area contributed by atoms with Crippen molar-refractivity contribution in [3.8, 4) is 0 Å². The molecule has 0 aromatic carbocycles. The van der Waals surface area contributed by atoms with Crippen LogP contribution in [0.2, 0.25) is 0 Å². The summed E-state index contributed by atoms with van der Waals surface area (Å²) in [6, 6.07) is 0. The third kappa shape index (κ3) is 4.28. The SMILES string of the molecule is CC1CC[C@@H](C2CC3CCCCC3C(C3C(C)C(C4CCCC4)CC4CCCCC43)[C@H]2C)C1. The van der Waals surface area contributed by atoms with Gasteiger partial charge < -0.3 is 0 Å². The number of hydrogen-bond acceptors (Lipinski definition) is 0. The fraction of sp³-hybridized carbons (Fsp3) is 1.00. The summed E-state index contributed by atoms with van der Waals surface area (Å²) in [6.07, 6.45) is 26.7. The van der Waals surface area contributed by atoms with E-state index in [1.807, 2.05) is 0 Å². The molecule has 6 rings (SSSR count). The molecule has 0 heteroatoms. The molecule has 0 aromatic rings. The highest BCUT2D eigenvalue weighted by atomic mass is 14.6. The Bertz CT molecular complexity index is 644. The summed E-state index contributed by atoms with van der Waals surface area (Å²) >= 11 is 0. The molecular formula is C33H56. The van der Waals surface area contributed by atoms with Crippen LogP contribution in [0, 0.1) is 76.9 Å². The highest BCUT2D eigenvalue weighted by molar-refractivity contribution is 5.04. The summed E-state index contributed by atoms with van der Waals surface area (Å²) in [5.41, 5.74) is 0. The van der Waals surface area contributed by atoms with Gasteiger partial charge in [0.25, 0.3) is 0 Å². The van der Waals surface area contributed by atoms with Crippen LogP contribution in [0.25, 0.3) is 0 Å². The minimum absolute atomic E-state index is 1.01. The number of fused-ring (bicyclic) bond motifs is 2. The van der Waals surface area contributed by atoms with E-state index in [1.54, 1.807) is 103 Å². The van der Waals surface area contributed by atoms with Crippen LogP contribution < -0.4 is 0 Å². The molecule has 6 saturated carbocycles. The zero-order chi connectivity index (χ0) is 22.5. The molecule has 0 N–H and O–H groups in total. The van der Waals surface area contributed by atoms with Crippen LogP contribution in [0.15, 0.2) is 0 Å². The van der Waals surface area contributed by atoms with Crippen LogP contribution >= 0.6 is 0 Å². The van der Waals surface area contributed by atoms with Gasteiger partial charge in [0, 0.05) is 0 Å². The van der Waals surface area contributed by atoms with Crippen LogP contribution in [0.5, 0.6) is 0 Å². The van der Waals surface area contributed by atoms with Gasteiger partial charge in [-0.15, -0.1) is 0 Å². The van der Waals surface area contributed by atoms with E-state index in [-0.39, 0.29) is 0 Å². The molecule has 0 nitrogen and oxygen atoms in total. The van der Waals surface area contributed by atoms with Crippen molar-refractivity contribution >= 4 is 0 Å². The molecule has 0 radical (unpaired) electrons. The van der Waals surface area contributed by atoms with Crippen molar-refractivity contribution in [1.29, 1.82) is 0 Å². The van der Waals surface area contributed by atoms with Gasteiger partial charge in [-0.1, -0.05) is 91.4 Å². The van der Waals surface area contributed by atoms with Crippen LogP contribution in [-0.2, 0) is 0 Å². The van der Waals surface area contributed by atoms with Gasteiger partial charge in [0.05, 0.1) is 0 Å². The van der Waals surface area contributed by atoms with Crippen LogP contribution in [0.3, 0.4) is 0 Å². The monoisotopic (exact) mass is 452 g/mol. The molecule has 12 atom stereocenters. The standard InChI is InChI=1S/C33H56/c1-21-16-17-27(18-21)31-20-26-13-7-9-15-29(26)33(23(31)3)32-22(2)30(24-10-4-5-11-24)19-25-12-6-8-14-28(25)32/h21-33H,4-20H2,1-3H3/t21?,22?,23-,25?,26?,27+,28?,29?,30?,31?,32?,33?/m0/s1. The smallest absolute Gasteiger partial charge is 0.0321 e. The molecule has 10 unspecified atom stereocenters. The maximum absolute atomic E-state index is 2.81. The van der Waals surface area contributed by atoms with E-state index < -0.39 is 0 Å². The largest absolute Gasteiger partial charge is 0.0625 e. The minimum Gasteiger partial charge on any atom is -0.0625 e. The fourth-order valence-corrected chi connectivity index (χ4v) is 12.1. The summed E-state index contributed by atoms with van der Waals surface area (Å²) in [5, 5.41) is 0. The summed E-state index contributed by atoms with van der Waals surface area (Å²) in [6.45, 7) is 8.17. The van der Waals surface area contributed by atoms with Gasteiger partial charge in [-0.25, -0.2) is 0 Å². The molecule has 0 aromatic heterocycles. The zero-order valence-electron chi connectivity index (χ0n) is 22.5. The van der Waals surface area contributed by atoms with Gasteiger partial charge in [-0.3, -0.25) is 0 Å². The van der Waals surface area contributed by atoms with Crippen molar-refractivity contribution < 1.29 is 0 Å². The zero-order valence-corrected chi connectivity index (χ0v) is 22.5. The molecule has 0 aliphatic heterocycles. The maximum atomic E-state index is 2.81. The second kappa shape index (κ2) is 9.81. The Hall–Kier alpha value is 0. The lowest BCUT2D eigenvalue weighted by molar-refractivity contribution is -0.111. The minimum atomic E-state index is 1.01. The summed E-state index contributed by atoms with van der Waals surface area (Å²) in [7, 11) is 0. The van der Waals surface area contributed by atoms with E-state index in [9.17, 15) is 0 Å². The highest BCUT2D eigenvalue weighted by Crippen LogP contribution is 2.62. The van der Waals surface area contributed by atoms with Gasteiger partial charge >= 0.3 is 0 Å². The van der Waals surface area contributed by atoms with E-state index >= 15 is 0 Å². The lowest BCUT2D eigenvalue weighted by atomic mass is 9.45. The van der Waals surface area contributed by atoms with Crippen LogP contribution in [-0.4, -0.2) is 0 Å². The lowest BCUT2D eigenvalue weighted by Gasteiger charge is -2.60. The first-order valence-corrected chi connectivity index (χ1v) is 16.1. The van der Waals surface area contributed by atoms with Gasteiger partial charge in [-0.2, -0.15) is 0 Å². The molecule has 0 bridgehead atoms. The Kier molecular flexibility index (Phi) is 6.95. The first-order chi connectivity index (χ1) is 16.1. The second-order valence-electron chi connectivity index (χ2n) is 14.8. The first-order valence-electron chi connectivity index (χ1n) is 16.1. The Balaban J connectivity index is 1.33. The average Bonchev–Trinajstić information content (AvgIpc) is 3.51. The van der Waals surface area contributed by atoms with Crippen molar-refractivity contribution in [3.63, 3.8) is 0 Å². The Morgan fingerprint density at radius 2 is 0.788 bits per heavy atom. The summed E-state index contributed by atoms with van der Waals surface area (Å²) in [5.74, 6) is 13.9. The van der Waals surface area contributed by atoms with E-state index in [0.717, 1.165) is 76.9 Å². The van der Waals surface area contributed by atoms with Crippen LogP contribution in [0.1, 0.15) is 130 Å². The third-order valence-corrected chi connectivity index (χ3v) is 13.4. The second-order valence-corrected chi connectivity index (χ2v) is 14.8. The fourth-order valence-electron chi connectivity index (χ4n) is 12.1. The van der Waals surface area contributed by atoms with Gasteiger partial charge in [0.1, 0.15) is 0 Å². The number of hydrogen-bond donors (Lipinski definition) is 0. The Labute approximate surface area is 206 Å². The van der Waals surface area contributed by atoms with Crippen molar-refractivity contribution in [2.45, 2.75) is 130 Å². The Morgan fingerprint density at radius 3 is 1.27 bits per heavy atom. The molecule has 0 amide bonds. The van der Waals surface area contributed by atoms with Gasteiger partial charge in [-0.05, 0) is 115 Å². The van der Waals surface area contributed by atoms with Crippen molar-refractivity contribution in [1.82, 2.24) is 0 Å². The average molecular weight is 453 g/mol. The van der Waals surface area contributed by atoms with E-state index in [4.69, 9.17) is 0 Å². The van der Waals surface area contributed by atoms with Crippen molar-refractivity contribution in [2.24, 2.45) is 76.9 Å². The predicted octanol–water partition coefficient (Wildman–Crippen LogP) is 9.77. The van der Waals surface area contributed by atoms with E-state index in [1.165, 1.54) is 6.42 Å². The highest BCUT2D eigenvalue weighted by Gasteiger charge is 2.55. The van der Waals surface area contributed by atoms with Crippen molar-refractivity contribution in [3.05, 3.63) is 0 Å². The van der Waals surface area contributed by atoms with E-state index in [2.05, 4.69) is 20.8 Å². The quantitative estimate of drug-likeness (QED) is 0.399. The predicted molar refractivity (Wildman–Crippen MR) is 141 cm³/mol. The maximum Gasteiger partial charge on any atom is -0.0321 e.